The molecule has 0 bridgehead atoms. The van der Waals surface area contributed by atoms with E-state index in [0.29, 0.717) is 5.92 Å². The summed E-state index contributed by atoms with van der Waals surface area (Å²) in [5.74, 6) is 0.603. The first-order chi connectivity index (χ1) is 8.00. The van der Waals surface area contributed by atoms with Crippen molar-refractivity contribution in [1.29, 1.82) is 0 Å². The molecule has 0 heterocycles. The standard InChI is InChI=1S/C14H21NO2/c1-8-6-11(16)7-9(2)12(8)13(15)14(17)10-4-3-5-10/h6-7,10,13-14,16-17H,3-5,15H2,1-2H3/t13-,14+/m1/s1. The summed E-state index contributed by atoms with van der Waals surface area (Å²) in [5.41, 5.74) is 9.05. The molecule has 0 spiro atoms. The molecule has 17 heavy (non-hydrogen) atoms. The van der Waals surface area contributed by atoms with Crippen molar-refractivity contribution in [3.05, 3.63) is 28.8 Å². The fourth-order valence-corrected chi connectivity index (χ4v) is 2.72. The summed E-state index contributed by atoms with van der Waals surface area (Å²) in [4.78, 5) is 0. The SMILES string of the molecule is Cc1cc(O)cc(C)c1[C@@H](N)[C@@H](O)C1CCC1. The summed E-state index contributed by atoms with van der Waals surface area (Å²) in [6, 6.07) is 3.06. The molecule has 0 aliphatic heterocycles. The van der Waals surface area contributed by atoms with Gasteiger partial charge in [0.15, 0.2) is 0 Å². The Morgan fingerprint density at radius 2 is 1.76 bits per heavy atom. The molecule has 1 aromatic carbocycles. The Balaban J connectivity index is 2.26. The Bertz CT molecular complexity index is 390. The second-order valence-electron chi connectivity index (χ2n) is 5.20. The van der Waals surface area contributed by atoms with Gasteiger partial charge in [-0.1, -0.05) is 6.42 Å². The van der Waals surface area contributed by atoms with Crippen LogP contribution in [0.3, 0.4) is 0 Å². The van der Waals surface area contributed by atoms with Gasteiger partial charge >= 0.3 is 0 Å². The van der Waals surface area contributed by atoms with Crippen molar-refractivity contribution in [2.75, 3.05) is 0 Å². The lowest BCUT2D eigenvalue weighted by Crippen LogP contribution is -2.37. The molecule has 1 aliphatic carbocycles. The maximum Gasteiger partial charge on any atom is 0.116 e. The highest BCUT2D eigenvalue weighted by molar-refractivity contribution is 5.42. The molecule has 0 unspecified atom stereocenters. The topological polar surface area (TPSA) is 66.5 Å². The predicted octanol–water partition coefficient (Wildman–Crippen LogP) is 2.17. The lowest BCUT2D eigenvalue weighted by atomic mass is 9.76. The first-order valence-corrected chi connectivity index (χ1v) is 6.24. The molecule has 4 N–H and O–H groups in total. The van der Waals surface area contributed by atoms with Gasteiger partial charge in [-0.25, -0.2) is 0 Å². The van der Waals surface area contributed by atoms with Gasteiger partial charge in [-0.3, -0.25) is 0 Å². The minimum atomic E-state index is -0.467. The molecule has 0 radical (unpaired) electrons. The lowest BCUT2D eigenvalue weighted by Gasteiger charge is -2.34. The van der Waals surface area contributed by atoms with E-state index in [9.17, 15) is 10.2 Å². The fourth-order valence-electron chi connectivity index (χ4n) is 2.72. The molecule has 3 heteroatoms. The third-order valence-electron chi connectivity index (χ3n) is 3.91. The Hall–Kier alpha value is -1.06. The normalized spacial score (nSPS) is 19.8. The van der Waals surface area contributed by atoms with E-state index in [1.54, 1.807) is 12.1 Å². The summed E-state index contributed by atoms with van der Waals surface area (Å²) in [6.45, 7) is 3.85. The Kier molecular flexibility index (Phi) is 3.40. The van der Waals surface area contributed by atoms with Crippen molar-refractivity contribution in [3.63, 3.8) is 0 Å². The highest BCUT2D eigenvalue weighted by Gasteiger charge is 2.31. The molecule has 1 saturated carbocycles. The molecule has 1 aromatic rings. The molecule has 1 fully saturated rings. The van der Waals surface area contributed by atoms with Crippen molar-refractivity contribution in [1.82, 2.24) is 0 Å². The highest BCUT2D eigenvalue weighted by atomic mass is 16.3. The van der Waals surface area contributed by atoms with Gasteiger partial charge in [0.1, 0.15) is 5.75 Å². The van der Waals surface area contributed by atoms with Gasteiger partial charge in [-0.2, -0.15) is 0 Å². The highest BCUT2D eigenvalue weighted by Crippen LogP contribution is 2.36. The van der Waals surface area contributed by atoms with E-state index >= 15 is 0 Å². The van der Waals surface area contributed by atoms with E-state index in [2.05, 4.69) is 0 Å². The average Bonchev–Trinajstić information content (AvgIpc) is 2.12. The van der Waals surface area contributed by atoms with Crippen LogP contribution in [0.1, 0.15) is 42.0 Å². The van der Waals surface area contributed by atoms with E-state index in [0.717, 1.165) is 29.5 Å². The van der Waals surface area contributed by atoms with Gasteiger partial charge < -0.3 is 15.9 Å². The van der Waals surface area contributed by atoms with E-state index in [1.807, 2.05) is 13.8 Å². The van der Waals surface area contributed by atoms with E-state index in [-0.39, 0.29) is 11.8 Å². The number of hydrogen-bond acceptors (Lipinski definition) is 3. The number of aromatic hydroxyl groups is 1. The van der Waals surface area contributed by atoms with E-state index in [1.165, 1.54) is 6.42 Å². The Morgan fingerprint density at radius 1 is 1.24 bits per heavy atom. The quantitative estimate of drug-likeness (QED) is 0.752. The Labute approximate surface area is 102 Å². The number of aliphatic hydroxyl groups excluding tert-OH is 1. The minimum Gasteiger partial charge on any atom is -0.508 e. The number of hydrogen-bond donors (Lipinski definition) is 3. The third kappa shape index (κ3) is 2.31. The molecule has 0 aromatic heterocycles. The van der Waals surface area contributed by atoms with Crippen LogP contribution in [0, 0.1) is 19.8 Å². The minimum absolute atomic E-state index is 0.258. The molecule has 3 nitrogen and oxygen atoms in total. The molecule has 2 atom stereocenters. The van der Waals surface area contributed by atoms with Crippen LogP contribution in [-0.4, -0.2) is 16.3 Å². The van der Waals surface area contributed by atoms with Crippen molar-refractivity contribution >= 4 is 0 Å². The number of aryl methyl sites for hydroxylation is 2. The van der Waals surface area contributed by atoms with Crippen LogP contribution in [-0.2, 0) is 0 Å². The second kappa shape index (κ2) is 4.67. The fraction of sp³-hybridized carbons (Fsp3) is 0.571. The zero-order valence-electron chi connectivity index (χ0n) is 10.5. The number of phenols is 1. The Morgan fingerprint density at radius 3 is 2.18 bits per heavy atom. The van der Waals surface area contributed by atoms with Gasteiger partial charge in [0.05, 0.1) is 12.1 Å². The van der Waals surface area contributed by atoms with Crippen molar-refractivity contribution in [2.24, 2.45) is 11.7 Å². The second-order valence-corrected chi connectivity index (χ2v) is 5.20. The van der Waals surface area contributed by atoms with Crippen molar-refractivity contribution < 1.29 is 10.2 Å². The van der Waals surface area contributed by atoms with Crippen LogP contribution in [0.2, 0.25) is 0 Å². The van der Waals surface area contributed by atoms with Gasteiger partial charge in [0.2, 0.25) is 0 Å². The number of phenolic OH excluding ortho intramolecular Hbond substituents is 1. The summed E-state index contributed by atoms with van der Waals surface area (Å²) in [5, 5.41) is 19.7. The van der Waals surface area contributed by atoms with E-state index < -0.39 is 6.10 Å². The summed E-state index contributed by atoms with van der Waals surface area (Å²) >= 11 is 0. The zero-order chi connectivity index (χ0) is 12.6. The molecule has 94 valence electrons. The monoisotopic (exact) mass is 235 g/mol. The smallest absolute Gasteiger partial charge is 0.116 e. The van der Waals surface area contributed by atoms with Gasteiger partial charge in [-0.15, -0.1) is 0 Å². The van der Waals surface area contributed by atoms with Gasteiger partial charge in [0.25, 0.3) is 0 Å². The first-order valence-electron chi connectivity index (χ1n) is 6.24. The largest absolute Gasteiger partial charge is 0.508 e. The van der Waals surface area contributed by atoms with Gasteiger partial charge in [-0.05, 0) is 61.4 Å². The predicted molar refractivity (Wildman–Crippen MR) is 67.9 cm³/mol. The molecular weight excluding hydrogens is 214 g/mol. The van der Waals surface area contributed by atoms with Crippen LogP contribution >= 0.6 is 0 Å². The number of rotatable bonds is 3. The van der Waals surface area contributed by atoms with Crippen molar-refractivity contribution in [3.8, 4) is 5.75 Å². The molecule has 1 aliphatic rings. The molecule has 0 amide bonds. The number of nitrogens with two attached hydrogens (primary N) is 1. The van der Waals surface area contributed by atoms with Crippen LogP contribution < -0.4 is 5.73 Å². The van der Waals surface area contributed by atoms with Crippen LogP contribution in [0.4, 0.5) is 0 Å². The maximum absolute atomic E-state index is 10.2. The molecule has 2 rings (SSSR count). The number of aliphatic hydroxyl groups is 1. The average molecular weight is 235 g/mol. The maximum atomic E-state index is 10.2. The van der Waals surface area contributed by atoms with Crippen LogP contribution in [0.25, 0.3) is 0 Å². The van der Waals surface area contributed by atoms with Crippen LogP contribution in [0.5, 0.6) is 5.75 Å². The molecule has 0 saturated heterocycles. The van der Waals surface area contributed by atoms with Crippen molar-refractivity contribution in [2.45, 2.75) is 45.3 Å². The molecular formula is C14H21NO2. The van der Waals surface area contributed by atoms with Gasteiger partial charge in [0, 0.05) is 0 Å². The summed E-state index contributed by atoms with van der Waals surface area (Å²) < 4.78 is 0. The third-order valence-corrected chi connectivity index (χ3v) is 3.91. The summed E-state index contributed by atoms with van der Waals surface area (Å²) in [7, 11) is 0. The lowest BCUT2D eigenvalue weighted by molar-refractivity contribution is 0.0410. The summed E-state index contributed by atoms with van der Waals surface area (Å²) in [6.07, 6.45) is 2.88. The van der Waals surface area contributed by atoms with E-state index in [4.69, 9.17) is 5.73 Å². The first kappa shape index (κ1) is 12.4. The number of benzene rings is 1. The van der Waals surface area contributed by atoms with Crippen LogP contribution in [0.15, 0.2) is 12.1 Å². The zero-order valence-corrected chi connectivity index (χ0v) is 10.5.